The van der Waals surface area contributed by atoms with Gasteiger partial charge in [-0.15, -0.1) is 11.3 Å². The van der Waals surface area contributed by atoms with Crippen LogP contribution in [0.2, 0.25) is 0 Å². The number of benzene rings is 1. The van der Waals surface area contributed by atoms with E-state index in [-0.39, 0.29) is 6.04 Å². The highest BCUT2D eigenvalue weighted by molar-refractivity contribution is 7.09. The molecule has 0 radical (unpaired) electrons. The third-order valence-corrected chi connectivity index (χ3v) is 4.68. The van der Waals surface area contributed by atoms with E-state index in [0.717, 1.165) is 10.6 Å². The lowest BCUT2D eigenvalue weighted by Crippen LogP contribution is -2.11. The Hall–Kier alpha value is -1.19. The molecule has 2 aromatic rings. The zero-order valence-electron chi connectivity index (χ0n) is 10.4. The molecule has 0 saturated heterocycles. The molecule has 1 saturated carbocycles. The predicted molar refractivity (Wildman–Crippen MR) is 75.8 cm³/mol. The average molecular weight is 258 g/mol. The Bertz CT molecular complexity index is 500. The minimum Gasteiger partial charge on any atom is -0.318 e. The Balaban J connectivity index is 1.80. The van der Waals surface area contributed by atoms with Gasteiger partial charge in [-0.25, -0.2) is 4.98 Å². The van der Waals surface area contributed by atoms with Crippen molar-refractivity contribution >= 4 is 11.3 Å². The number of aromatic nitrogens is 1. The molecule has 0 aliphatic heterocycles. The quantitative estimate of drug-likeness (QED) is 0.908. The van der Waals surface area contributed by atoms with E-state index in [2.05, 4.69) is 17.5 Å². The molecule has 3 heteroatoms. The number of rotatable bonds is 3. The summed E-state index contributed by atoms with van der Waals surface area (Å²) in [6, 6.07) is 10.1. The lowest BCUT2D eigenvalue weighted by Gasteiger charge is -2.09. The highest BCUT2D eigenvalue weighted by Crippen LogP contribution is 2.35. The Morgan fingerprint density at radius 3 is 2.61 bits per heavy atom. The van der Waals surface area contributed by atoms with Gasteiger partial charge in [-0.2, -0.15) is 0 Å². The van der Waals surface area contributed by atoms with E-state index in [1.807, 2.05) is 18.2 Å². The molecule has 1 fully saturated rings. The highest BCUT2D eigenvalue weighted by Gasteiger charge is 2.21. The molecule has 1 aromatic carbocycles. The van der Waals surface area contributed by atoms with Crippen LogP contribution in [0.3, 0.4) is 0 Å². The van der Waals surface area contributed by atoms with Crippen molar-refractivity contribution in [1.29, 1.82) is 0 Å². The molecule has 0 bridgehead atoms. The minimum atomic E-state index is -0.0775. The topological polar surface area (TPSA) is 38.9 Å². The van der Waals surface area contributed by atoms with E-state index in [1.54, 1.807) is 11.3 Å². The van der Waals surface area contributed by atoms with Crippen molar-refractivity contribution in [2.24, 2.45) is 5.73 Å². The number of nitrogens with two attached hydrogens (primary N) is 1. The number of nitrogens with zero attached hydrogens (tertiary/aromatic N) is 1. The van der Waals surface area contributed by atoms with Crippen molar-refractivity contribution in [2.45, 2.75) is 37.6 Å². The van der Waals surface area contributed by atoms with Gasteiger partial charge >= 0.3 is 0 Å². The maximum atomic E-state index is 6.28. The van der Waals surface area contributed by atoms with Crippen LogP contribution in [0.4, 0.5) is 0 Å². The standard InChI is InChI=1S/C15H18N2S/c16-14(12-8-2-1-3-9-12)15-17-13(10-18-15)11-6-4-5-7-11/h1-3,8-11,14H,4-7,16H2. The molecular weight excluding hydrogens is 240 g/mol. The fraction of sp³-hybridized carbons (Fsp3) is 0.400. The summed E-state index contributed by atoms with van der Waals surface area (Å²) in [6.45, 7) is 0. The van der Waals surface area contributed by atoms with Crippen LogP contribution >= 0.6 is 11.3 Å². The lowest BCUT2D eigenvalue weighted by atomic mass is 10.1. The molecule has 0 amide bonds. The first-order valence-corrected chi connectivity index (χ1v) is 7.48. The highest BCUT2D eigenvalue weighted by atomic mass is 32.1. The third-order valence-electron chi connectivity index (χ3n) is 3.74. The van der Waals surface area contributed by atoms with Crippen LogP contribution < -0.4 is 5.73 Å². The Morgan fingerprint density at radius 2 is 1.89 bits per heavy atom. The molecule has 0 spiro atoms. The normalized spacial score (nSPS) is 18.1. The average Bonchev–Trinajstić information content (AvgIpc) is 3.09. The summed E-state index contributed by atoms with van der Waals surface area (Å²) < 4.78 is 0. The van der Waals surface area contributed by atoms with Gasteiger partial charge in [0, 0.05) is 11.3 Å². The Morgan fingerprint density at radius 1 is 1.17 bits per heavy atom. The summed E-state index contributed by atoms with van der Waals surface area (Å²) in [5, 5.41) is 3.25. The van der Waals surface area contributed by atoms with E-state index in [9.17, 15) is 0 Å². The largest absolute Gasteiger partial charge is 0.318 e. The Labute approximate surface area is 112 Å². The molecule has 18 heavy (non-hydrogen) atoms. The van der Waals surface area contributed by atoms with Gasteiger partial charge in [0.15, 0.2) is 0 Å². The van der Waals surface area contributed by atoms with Gasteiger partial charge in [0.05, 0.1) is 11.7 Å². The van der Waals surface area contributed by atoms with E-state index in [4.69, 9.17) is 10.7 Å². The fourth-order valence-corrected chi connectivity index (χ4v) is 3.58. The summed E-state index contributed by atoms with van der Waals surface area (Å²) in [7, 11) is 0. The van der Waals surface area contributed by atoms with E-state index >= 15 is 0 Å². The van der Waals surface area contributed by atoms with Gasteiger partial charge in [0.2, 0.25) is 0 Å². The monoisotopic (exact) mass is 258 g/mol. The van der Waals surface area contributed by atoms with Crippen LogP contribution in [0.25, 0.3) is 0 Å². The zero-order chi connectivity index (χ0) is 12.4. The molecule has 1 unspecified atom stereocenters. The SMILES string of the molecule is NC(c1ccccc1)c1nc(C2CCCC2)cs1. The first kappa shape index (κ1) is 11.9. The summed E-state index contributed by atoms with van der Waals surface area (Å²) >= 11 is 1.70. The fourth-order valence-electron chi connectivity index (χ4n) is 2.66. The summed E-state index contributed by atoms with van der Waals surface area (Å²) in [5.41, 5.74) is 8.68. The maximum Gasteiger partial charge on any atom is 0.114 e. The third kappa shape index (κ3) is 2.33. The molecule has 1 aliphatic rings. The molecular formula is C15H18N2S. The molecule has 1 aromatic heterocycles. The van der Waals surface area contributed by atoms with Crippen molar-refractivity contribution in [3.63, 3.8) is 0 Å². The second-order valence-corrected chi connectivity index (χ2v) is 5.87. The second kappa shape index (κ2) is 5.21. The first-order chi connectivity index (χ1) is 8.84. The van der Waals surface area contributed by atoms with Crippen LogP contribution in [0.5, 0.6) is 0 Å². The van der Waals surface area contributed by atoms with Gasteiger partial charge in [-0.05, 0) is 18.4 Å². The first-order valence-electron chi connectivity index (χ1n) is 6.60. The van der Waals surface area contributed by atoms with Gasteiger partial charge in [-0.1, -0.05) is 43.2 Å². The van der Waals surface area contributed by atoms with Crippen molar-refractivity contribution in [1.82, 2.24) is 4.98 Å². The van der Waals surface area contributed by atoms with Crippen molar-refractivity contribution in [3.05, 3.63) is 52.0 Å². The van der Waals surface area contributed by atoms with Crippen LogP contribution in [0, 0.1) is 0 Å². The van der Waals surface area contributed by atoms with Gasteiger partial charge < -0.3 is 5.73 Å². The van der Waals surface area contributed by atoms with Crippen molar-refractivity contribution < 1.29 is 0 Å². The maximum absolute atomic E-state index is 6.28. The molecule has 1 aliphatic carbocycles. The van der Waals surface area contributed by atoms with Gasteiger partial charge in [0.25, 0.3) is 0 Å². The summed E-state index contributed by atoms with van der Waals surface area (Å²) in [5.74, 6) is 0.679. The summed E-state index contributed by atoms with van der Waals surface area (Å²) in [6.07, 6.45) is 5.29. The number of thiazole rings is 1. The van der Waals surface area contributed by atoms with Crippen LogP contribution in [0.15, 0.2) is 35.7 Å². The smallest absolute Gasteiger partial charge is 0.114 e. The molecule has 94 valence electrons. The lowest BCUT2D eigenvalue weighted by molar-refractivity contribution is 0.694. The van der Waals surface area contributed by atoms with Gasteiger partial charge in [-0.3, -0.25) is 0 Å². The van der Waals surface area contributed by atoms with E-state index in [1.165, 1.54) is 31.4 Å². The minimum absolute atomic E-state index is 0.0775. The molecule has 1 atom stereocenters. The molecule has 3 rings (SSSR count). The predicted octanol–water partition coefficient (Wildman–Crippen LogP) is 3.85. The van der Waals surface area contributed by atoms with Crippen LogP contribution in [-0.2, 0) is 0 Å². The van der Waals surface area contributed by atoms with Crippen molar-refractivity contribution in [3.8, 4) is 0 Å². The molecule has 1 heterocycles. The van der Waals surface area contributed by atoms with Gasteiger partial charge in [0.1, 0.15) is 5.01 Å². The second-order valence-electron chi connectivity index (χ2n) is 4.98. The van der Waals surface area contributed by atoms with E-state index in [0.29, 0.717) is 5.92 Å². The summed E-state index contributed by atoms with van der Waals surface area (Å²) in [4.78, 5) is 4.76. The molecule has 2 nitrogen and oxygen atoms in total. The van der Waals surface area contributed by atoms with Crippen LogP contribution in [0.1, 0.15) is 53.9 Å². The number of hydrogen-bond acceptors (Lipinski definition) is 3. The Kier molecular flexibility index (Phi) is 3.43. The van der Waals surface area contributed by atoms with E-state index < -0.39 is 0 Å². The molecule has 2 N–H and O–H groups in total. The number of hydrogen-bond donors (Lipinski definition) is 1. The zero-order valence-corrected chi connectivity index (χ0v) is 11.2. The van der Waals surface area contributed by atoms with Crippen molar-refractivity contribution in [2.75, 3.05) is 0 Å². The van der Waals surface area contributed by atoms with Crippen LogP contribution in [-0.4, -0.2) is 4.98 Å².